The molecule has 1 aromatic rings. The monoisotopic (exact) mass is 339 g/mol. The van der Waals surface area contributed by atoms with E-state index in [0.29, 0.717) is 31.6 Å². The number of nitrogens with two attached hydrogens (primary N) is 1. The fraction of sp³-hybridized carbons (Fsp3) is 0.562. The summed E-state index contributed by atoms with van der Waals surface area (Å²) in [5.41, 5.74) is 6.98. The molecule has 0 spiro atoms. The average Bonchev–Trinajstić information content (AvgIpc) is 2.66. The number of carbonyl (C=O) groups excluding carboxylic acids is 1. The molecule has 1 aromatic carbocycles. The number of benzene rings is 1. The van der Waals surface area contributed by atoms with E-state index in [9.17, 15) is 13.2 Å². The lowest BCUT2D eigenvalue weighted by Crippen LogP contribution is -2.39. The molecule has 1 aliphatic rings. The van der Waals surface area contributed by atoms with Crippen molar-refractivity contribution in [1.82, 2.24) is 4.31 Å². The van der Waals surface area contributed by atoms with Gasteiger partial charge in [-0.3, -0.25) is 4.79 Å². The molecular formula is C16H25N3O3S. The lowest BCUT2D eigenvalue weighted by atomic mass is 9.94. The van der Waals surface area contributed by atoms with Crippen molar-refractivity contribution < 1.29 is 13.2 Å². The summed E-state index contributed by atoms with van der Waals surface area (Å²) in [6, 6.07) is 4.89. The maximum atomic E-state index is 12.8. The average molecular weight is 339 g/mol. The maximum absolute atomic E-state index is 12.8. The number of sulfonamides is 1. The molecule has 0 unspecified atom stereocenters. The van der Waals surface area contributed by atoms with Crippen LogP contribution in [0.4, 0.5) is 5.69 Å². The van der Waals surface area contributed by atoms with Gasteiger partial charge in [0.25, 0.3) is 0 Å². The summed E-state index contributed by atoms with van der Waals surface area (Å²) in [5, 5.41) is 2.81. The summed E-state index contributed by atoms with van der Waals surface area (Å²) in [5.74, 6) is -0.0267. The van der Waals surface area contributed by atoms with Gasteiger partial charge in [0.15, 0.2) is 0 Å². The summed E-state index contributed by atoms with van der Waals surface area (Å²) < 4.78 is 26.9. The number of aryl methyl sites for hydroxylation is 1. The topological polar surface area (TPSA) is 92.5 Å². The van der Waals surface area contributed by atoms with Crippen molar-refractivity contribution >= 4 is 21.6 Å². The highest BCUT2D eigenvalue weighted by molar-refractivity contribution is 7.89. The maximum Gasteiger partial charge on any atom is 0.242 e. The minimum atomic E-state index is -3.58. The van der Waals surface area contributed by atoms with E-state index >= 15 is 0 Å². The molecule has 0 radical (unpaired) electrons. The van der Waals surface area contributed by atoms with Gasteiger partial charge < -0.3 is 11.1 Å². The largest absolute Gasteiger partial charge is 0.330 e. The predicted octanol–water partition coefficient (Wildman–Crippen LogP) is 1.57. The number of fused-ring (bicyclic) bond motifs is 1. The summed E-state index contributed by atoms with van der Waals surface area (Å²) in [4.78, 5) is 11.8. The molecule has 2 rings (SSSR count). The highest BCUT2D eigenvalue weighted by Gasteiger charge is 2.28. The lowest BCUT2D eigenvalue weighted by Gasteiger charge is -2.28. The number of anilines is 1. The molecule has 0 aliphatic carbocycles. The van der Waals surface area contributed by atoms with E-state index in [1.807, 2.05) is 13.8 Å². The number of hydrogen-bond acceptors (Lipinski definition) is 4. The number of carbonyl (C=O) groups is 1. The Balaban J connectivity index is 2.30. The second-order valence-corrected chi connectivity index (χ2v) is 8.89. The number of nitrogens with one attached hydrogen (secondary N) is 1. The molecular weight excluding hydrogens is 314 g/mol. The first-order chi connectivity index (χ1) is 10.7. The van der Waals surface area contributed by atoms with E-state index in [1.54, 1.807) is 25.2 Å². The molecule has 1 amide bonds. The van der Waals surface area contributed by atoms with Crippen LogP contribution < -0.4 is 11.1 Å². The van der Waals surface area contributed by atoms with Gasteiger partial charge >= 0.3 is 0 Å². The van der Waals surface area contributed by atoms with Crippen LogP contribution in [0.3, 0.4) is 0 Å². The highest BCUT2D eigenvalue weighted by atomic mass is 32.2. The van der Waals surface area contributed by atoms with Crippen LogP contribution >= 0.6 is 0 Å². The zero-order valence-electron chi connectivity index (χ0n) is 13.9. The summed E-state index contributed by atoms with van der Waals surface area (Å²) in [6.45, 7) is 4.62. The van der Waals surface area contributed by atoms with Crippen molar-refractivity contribution in [2.75, 3.05) is 25.5 Å². The standard InChI is InChI=1S/C16H25N3O3S/c1-16(2,10-17)11-19(3)23(21,22)13-7-8-14-12(9-13)5-4-6-15(20)18-14/h7-9H,4-6,10-11,17H2,1-3H3,(H,18,20). The molecule has 6 nitrogen and oxygen atoms in total. The Morgan fingerprint density at radius 1 is 1.30 bits per heavy atom. The van der Waals surface area contributed by atoms with Gasteiger partial charge in [-0.25, -0.2) is 12.7 Å². The van der Waals surface area contributed by atoms with Crippen molar-refractivity contribution in [1.29, 1.82) is 0 Å². The first kappa shape index (κ1) is 17.9. The van der Waals surface area contributed by atoms with E-state index in [-0.39, 0.29) is 16.2 Å². The van der Waals surface area contributed by atoms with E-state index in [1.165, 1.54) is 4.31 Å². The molecule has 0 aromatic heterocycles. The molecule has 0 saturated heterocycles. The van der Waals surface area contributed by atoms with Crippen molar-refractivity contribution in [3.8, 4) is 0 Å². The lowest BCUT2D eigenvalue weighted by molar-refractivity contribution is -0.116. The smallest absolute Gasteiger partial charge is 0.242 e. The summed E-state index contributed by atoms with van der Waals surface area (Å²) in [6.07, 6.45) is 1.87. The van der Waals surface area contributed by atoms with Gasteiger partial charge in [-0.05, 0) is 48.6 Å². The minimum Gasteiger partial charge on any atom is -0.330 e. The SMILES string of the molecule is CN(CC(C)(C)CN)S(=O)(=O)c1ccc2c(c1)CCCC(=O)N2. The van der Waals surface area contributed by atoms with Gasteiger partial charge in [-0.1, -0.05) is 13.8 Å². The molecule has 3 N–H and O–H groups in total. The van der Waals surface area contributed by atoms with Crippen LogP contribution in [0.1, 0.15) is 32.3 Å². The minimum absolute atomic E-state index is 0.0267. The van der Waals surface area contributed by atoms with Gasteiger partial charge in [0.2, 0.25) is 15.9 Å². The Morgan fingerprint density at radius 3 is 2.65 bits per heavy atom. The second kappa shape index (κ2) is 6.59. The van der Waals surface area contributed by atoms with E-state index < -0.39 is 10.0 Å². The summed E-state index contributed by atoms with van der Waals surface area (Å²) in [7, 11) is -2.01. The van der Waals surface area contributed by atoms with E-state index in [2.05, 4.69) is 5.32 Å². The van der Waals surface area contributed by atoms with E-state index in [4.69, 9.17) is 5.73 Å². The van der Waals surface area contributed by atoms with E-state index in [0.717, 1.165) is 12.0 Å². The highest BCUT2D eigenvalue weighted by Crippen LogP contribution is 2.27. The first-order valence-corrected chi connectivity index (χ1v) is 9.19. The molecule has 23 heavy (non-hydrogen) atoms. The first-order valence-electron chi connectivity index (χ1n) is 7.75. The fourth-order valence-electron chi connectivity index (χ4n) is 2.64. The molecule has 0 fully saturated rings. The molecule has 0 saturated carbocycles. The molecule has 0 bridgehead atoms. The quantitative estimate of drug-likeness (QED) is 0.851. The van der Waals surface area contributed by atoms with Crippen LogP contribution in [0.15, 0.2) is 23.1 Å². The van der Waals surface area contributed by atoms with Crippen molar-refractivity contribution in [2.24, 2.45) is 11.1 Å². The summed E-state index contributed by atoms with van der Waals surface area (Å²) >= 11 is 0. The van der Waals surface area contributed by atoms with Gasteiger partial charge in [0.1, 0.15) is 0 Å². The van der Waals surface area contributed by atoms with Crippen LogP contribution in [0.25, 0.3) is 0 Å². The van der Waals surface area contributed by atoms with Gasteiger partial charge in [0, 0.05) is 25.7 Å². The third-order valence-electron chi connectivity index (χ3n) is 4.11. The number of nitrogens with zero attached hydrogens (tertiary/aromatic N) is 1. The Bertz CT molecular complexity index is 699. The zero-order valence-corrected chi connectivity index (χ0v) is 14.7. The van der Waals surface area contributed by atoms with Crippen LogP contribution in [0, 0.1) is 5.41 Å². The Kier molecular flexibility index (Phi) is 5.13. The Morgan fingerprint density at radius 2 is 2.00 bits per heavy atom. The van der Waals surface area contributed by atoms with Gasteiger partial charge in [0.05, 0.1) is 4.90 Å². The van der Waals surface area contributed by atoms with Crippen molar-refractivity contribution in [3.05, 3.63) is 23.8 Å². The number of rotatable bonds is 5. The second-order valence-electron chi connectivity index (χ2n) is 6.85. The predicted molar refractivity (Wildman–Crippen MR) is 90.7 cm³/mol. The van der Waals surface area contributed by atoms with Crippen LogP contribution in [0.2, 0.25) is 0 Å². The third kappa shape index (κ3) is 4.10. The van der Waals surface area contributed by atoms with Crippen LogP contribution in [-0.4, -0.2) is 38.8 Å². The van der Waals surface area contributed by atoms with Crippen molar-refractivity contribution in [3.63, 3.8) is 0 Å². The normalized spacial score (nSPS) is 16.0. The van der Waals surface area contributed by atoms with Crippen molar-refractivity contribution in [2.45, 2.75) is 38.0 Å². The van der Waals surface area contributed by atoms with Gasteiger partial charge in [-0.15, -0.1) is 0 Å². The molecule has 1 aliphatic heterocycles. The van der Waals surface area contributed by atoms with Crippen LogP contribution in [0.5, 0.6) is 0 Å². The Hall–Kier alpha value is -1.44. The Labute approximate surface area is 138 Å². The molecule has 1 heterocycles. The number of amides is 1. The molecule has 7 heteroatoms. The van der Waals surface area contributed by atoms with Gasteiger partial charge in [-0.2, -0.15) is 0 Å². The molecule has 128 valence electrons. The fourth-order valence-corrected chi connectivity index (χ4v) is 4.05. The third-order valence-corrected chi connectivity index (χ3v) is 5.91. The molecule has 0 atom stereocenters. The van der Waals surface area contributed by atoms with Crippen LogP contribution in [-0.2, 0) is 21.2 Å². The zero-order chi connectivity index (χ0) is 17.3. The number of hydrogen-bond donors (Lipinski definition) is 2.